The van der Waals surface area contributed by atoms with Gasteiger partial charge in [0.2, 0.25) is 0 Å². The van der Waals surface area contributed by atoms with Crippen molar-refractivity contribution in [3.8, 4) is 0 Å². The van der Waals surface area contributed by atoms with Gasteiger partial charge in [-0.15, -0.1) is 0 Å². The standard InChI is InChI=1S/C12H13BrN2O3/c1-12(2,18)6-15-10(16)8-4-3-7(13)5-9(8)14-11(15)17/h3-5,18H,6H2,1-2H3,(H,14,17). The molecular weight excluding hydrogens is 300 g/mol. The van der Waals surface area contributed by atoms with E-state index >= 15 is 0 Å². The van der Waals surface area contributed by atoms with E-state index in [1.165, 1.54) is 0 Å². The molecule has 6 heteroatoms. The van der Waals surface area contributed by atoms with Crippen molar-refractivity contribution in [1.29, 1.82) is 0 Å². The Morgan fingerprint density at radius 3 is 2.67 bits per heavy atom. The van der Waals surface area contributed by atoms with Crippen LogP contribution in [0.5, 0.6) is 0 Å². The van der Waals surface area contributed by atoms with Crippen LogP contribution >= 0.6 is 15.9 Å². The summed E-state index contributed by atoms with van der Waals surface area (Å²) in [5.41, 5.74) is -1.57. The fraction of sp³-hybridized carbons (Fsp3) is 0.333. The van der Waals surface area contributed by atoms with E-state index < -0.39 is 16.9 Å². The number of aromatic amines is 1. The minimum Gasteiger partial charge on any atom is -0.389 e. The van der Waals surface area contributed by atoms with E-state index in [0.29, 0.717) is 10.9 Å². The quantitative estimate of drug-likeness (QED) is 0.875. The third-order valence-electron chi connectivity index (χ3n) is 2.49. The zero-order valence-corrected chi connectivity index (χ0v) is 11.6. The molecule has 2 aromatic rings. The molecule has 1 aromatic heterocycles. The Kier molecular flexibility index (Phi) is 3.16. The normalized spacial score (nSPS) is 12.0. The Morgan fingerprint density at radius 2 is 2.06 bits per heavy atom. The van der Waals surface area contributed by atoms with E-state index in [-0.39, 0.29) is 6.54 Å². The maximum absolute atomic E-state index is 12.2. The van der Waals surface area contributed by atoms with Crippen LogP contribution in [0.15, 0.2) is 32.3 Å². The Bertz CT molecular complexity index is 710. The molecule has 0 saturated carbocycles. The van der Waals surface area contributed by atoms with Gasteiger partial charge < -0.3 is 10.1 Å². The van der Waals surface area contributed by atoms with Crippen molar-refractivity contribution in [2.24, 2.45) is 0 Å². The molecule has 2 N–H and O–H groups in total. The van der Waals surface area contributed by atoms with Crippen molar-refractivity contribution in [3.63, 3.8) is 0 Å². The summed E-state index contributed by atoms with van der Waals surface area (Å²) in [6.07, 6.45) is 0. The van der Waals surface area contributed by atoms with E-state index in [1.807, 2.05) is 0 Å². The molecule has 0 aliphatic heterocycles. The highest BCUT2D eigenvalue weighted by Gasteiger charge is 2.17. The van der Waals surface area contributed by atoms with E-state index in [2.05, 4.69) is 20.9 Å². The summed E-state index contributed by atoms with van der Waals surface area (Å²) in [5.74, 6) is 0. The summed E-state index contributed by atoms with van der Waals surface area (Å²) >= 11 is 3.28. The van der Waals surface area contributed by atoms with Gasteiger partial charge in [-0.25, -0.2) is 4.79 Å². The SMILES string of the molecule is CC(C)(O)Cn1c(=O)[nH]c2cc(Br)ccc2c1=O. The van der Waals surface area contributed by atoms with Crippen LogP contribution in [-0.4, -0.2) is 20.3 Å². The smallest absolute Gasteiger partial charge is 0.328 e. The van der Waals surface area contributed by atoms with Gasteiger partial charge in [0.15, 0.2) is 0 Å². The summed E-state index contributed by atoms with van der Waals surface area (Å²) in [5, 5.41) is 10.1. The van der Waals surface area contributed by atoms with Crippen molar-refractivity contribution in [1.82, 2.24) is 9.55 Å². The summed E-state index contributed by atoms with van der Waals surface area (Å²) in [4.78, 5) is 26.6. The monoisotopic (exact) mass is 312 g/mol. The van der Waals surface area contributed by atoms with Crippen molar-refractivity contribution < 1.29 is 5.11 Å². The van der Waals surface area contributed by atoms with Crippen LogP contribution in [-0.2, 0) is 6.54 Å². The lowest BCUT2D eigenvalue weighted by atomic mass is 10.1. The topological polar surface area (TPSA) is 75.1 Å². The van der Waals surface area contributed by atoms with E-state index in [0.717, 1.165) is 9.04 Å². The van der Waals surface area contributed by atoms with Crippen LogP contribution < -0.4 is 11.2 Å². The van der Waals surface area contributed by atoms with Crippen LogP contribution in [0.1, 0.15) is 13.8 Å². The van der Waals surface area contributed by atoms with Crippen molar-refractivity contribution in [3.05, 3.63) is 43.5 Å². The first-order chi connectivity index (χ1) is 8.28. The zero-order valence-electron chi connectivity index (χ0n) is 10.0. The lowest BCUT2D eigenvalue weighted by molar-refractivity contribution is 0.0592. The number of aliphatic hydroxyl groups is 1. The molecule has 0 fully saturated rings. The Labute approximate surface area is 111 Å². The van der Waals surface area contributed by atoms with Gasteiger partial charge in [-0.3, -0.25) is 9.36 Å². The number of benzene rings is 1. The molecule has 0 saturated heterocycles. The molecule has 0 amide bonds. The highest BCUT2D eigenvalue weighted by Crippen LogP contribution is 2.14. The third kappa shape index (κ3) is 2.54. The average molecular weight is 313 g/mol. The molecule has 18 heavy (non-hydrogen) atoms. The van der Waals surface area contributed by atoms with Crippen molar-refractivity contribution in [2.75, 3.05) is 0 Å². The summed E-state index contributed by atoms with van der Waals surface area (Å²) in [7, 11) is 0. The third-order valence-corrected chi connectivity index (χ3v) is 2.98. The predicted molar refractivity (Wildman–Crippen MR) is 72.8 cm³/mol. The fourth-order valence-corrected chi connectivity index (χ4v) is 2.12. The highest BCUT2D eigenvalue weighted by molar-refractivity contribution is 9.10. The molecule has 0 atom stereocenters. The number of nitrogens with one attached hydrogen (secondary N) is 1. The van der Waals surface area contributed by atoms with Crippen LogP contribution in [0.4, 0.5) is 0 Å². The summed E-state index contributed by atoms with van der Waals surface area (Å²) in [6, 6.07) is 5.04. The van der Waals surface area contributed by atoms with E-state index in [4.69, 9.17) is 0 Å². The van der Waals surface area contributed by atoms with Gasteiger partial charge in [0.1, 0.15) is 0 Å². The van der Waals surface area contributed by atoms with Crippen LogP contribution in [0.25, 0.3) is 10.9 Å². The van der Waals surface area contributed by atoms with Gasteiger partial charge in [0, 0.05) is 4.47 Å². The lowest BCUT2D eigenvalue weighted by Gasteiger charge is -2.17. The number of rotatable bonds is 2. The Morgan fingerprint density at radius 1 is 1.39 bits per heavy atom. The molecular formula is C12H13BrN2O3. The van der Waals surface area contributed by atoms with Gasteiger partial charge in [0.25, 0.3) is 5.56 Å². The predicted octanol–water partition coefficient (Wildman–Crippen LogP) is 1.22. The lowest BCUT2D eigenvalue weighted by Crippen LogP contribution is -2.41. The first-order valence-corrected chi connectivity index (χ1v) is 6.22. The van der Waals surface area contributed by atoms with Gasteiger partial charge >= 0.3 is 5.69 Å². The fourth-order valence-electron chi connectivity index (χ4n) is 1.76. The maximum atomic E-state index is 12.2. The molecule has 96 valence electrons. The second-order valence-electron chi connectivity index (χ2n) is 4.82. The van der Waals surface area contributed by atoms with E-state index in [1.54, 1.807) is 32.0 Å². The Hall–Kier alpha value is -1.40. The molecule has 1 aromatic carbocycles. The number of aromatic nitrogens is 2. The first kappa shape index (κ1) is 13.0. The minimum atomic E-state index is -1.13. The van der Waals surface area contributed by atoms with Gasteiger partial charge in [-0.2, -0.15) is 0 Å². The summed E-state index contributed by atoms with van der Waals surface area (Å²) < 4.78 is 1.79. The van der Waals surface area contributed by atoms with Crippen molar-refractivity contribution in [2.45, 2.75) is 26.0 Å². The zero-order chi connectivity index (χ0) is 13.5. The maximum Gasteiger partial charge on any atom is 0.328 e. The molecule has 0 spiro atoms. The molecule has 2 rings (SSSR count). The summed E-state index contributed by atoms with van der Waals surface area (Å²) in [6.45, 7) is 3.04. The number of nitrogens with zero attached hydrogens (tertiary/aromatic N) is 1. The largest absolute Gasteiger partial charge is 0.389 e. The van der Waals surface area contributed by atoms with Crippen molar-refractivity contribution >= 4 is 26.8 Å². The van der Waals surface area contributed by atoms with Crippen LogP contribution in [0, 0.1) is 0 Å². The van der Waals surface area contributed by atoms with Gasteiger partial charge in [-0.1, -0.05) is 15.9 Å². The van der Waals surface area contributed by atoms with E-state index in [9.17, 15) is 14.7 Å². The molecule has 5 nitrogen and oxygen atoms in total. The minimum absolute atomic E-state index is 0.0484. The number of halogens is 1. The molecule has 0 radical (unpaired) electrons. The molecule has 0 aliphatic carbocycles. The Balaban J connectivity index is 2.74. The van der Waals surface area contributed by atoms with Crippen LogP contribution in [0.3, 0.4) is 0 Å². The second kappa shape index (κ2) is 4.37. The van der Waals surface area contributed by atoms with Gasteiger partial charge in [0.05, 0.1) is 23.0 Å². The second-order valence-corrected chi connectivity index (χ2v) is 5.74. The number of hydrogen-bond donors (Lipinski definition) is 2. The molecule has 1 heterocycles. The number of H-pyrrole nitrogens is 1. The first-order valence-electron chi connectivity index (χ1n) is 5.43. The molecule has 0 bridgehead atoms. The molecule has 0 unspecified atom stereocenters. The average Bonchev–Trinajstić information content (AvgIpc) is 2.22. The van der Waals surface area contributed by atoms with Gasteiger partial charge in [-0.05, 0) is 32.0 Å². The number of fused-ring (bicyclic) bond motifs is 1. The molecule has 0 aliphatic rings. The van der Waals surface area contributed by atoms with Crippen LogP contribution in [0.2, 0.25) is 0 Å². The highest BCUT2D eigenvalue weighted by atomic mass is 79.9. The number of hydrogen-bond acceptors (Lipinski definition) is 3.